The number of imidazole rings is 1. The van der Waals surface area contributed by atoms with Gasteiger partial charge in [-0.15, -0.1) is 0 Å². The van der Waals surface area contributed by atoms with Crippen LogP contribution in [0, 0.1) is 6.92 Å². The monoisotopic (exact) mass is 254 g/mol. The van der Waals surface area contributed by atoms with E-state index in [0.717, 1.165) is 21.1 Å². The number of rotatable bonds is 0. The smallest absolute Gasteiger partial charge is 0.295 e. The fourth-order valence-corrected chi connectivity index (χ4v) is 2.39. The summed E-state index contributed by atoms with van der Waals surface area (Å²) in [7, 11) is 3.59. The van der Waals surface area contributed by atoms with Crippen molar-refractivity contribution in [2.45, 2.75) is 6.92 Å². The van der Waals surface area contributed by atoms with Crippen LogP contribution < -0.4 is 5.69 Å². The van der Waals surface area contributed by atoms with Crippen LogP contribution in [-0.4, -0.2) is 9.13 Å². The molecular weight excluding hydrogens is 244 g/mol. The maximum atomic E-state index is 11.7. The summed E-state index contributed by atoms with van der Waals surface area (Å²) in [4.78, 5) is 11.7. The van der Waals surface area contributed by atoms with Gasteiger partial charge in [-0.05, 0) is 24.6 Å². The van der Waals surface area contributed by atoms with E-state index in [-0.39, 0.29) is 5.69 Å². The molecule has 1 heterocycles. The lowest BCUT2D eigenvalue weighted by Gasteiger charge is -2.00. The number of halogens is 1. The van der Waals surface area contributed by atoms with Crippen LogP contribution in [-0.2, 0) is 14.1 Å². The van der Waals surface area contributed by atoms with Crippen LogP contribution in [0.25, 0.3) is 11.0 Å². The van der Waals surface area contributed by atoms with E-state index < -0.39 is 0 Å². The molecule has 1 aromatic heterocycles. The van der Waals surface area contributed by atoms with Gasteiger partial charge in [0.25, 0.3) is 0 Å². The lowest BCUT2D eigenvalue weighted by atomic mass is 10.2. The molecule has 0 aliphatic carbocycles. The summed E-state index contributed by atoms with van der Waals surface area (Å²) in [5.74, 6) is 0. The van der Waals surface area contributed by atoms with Crippen molar-refractivity contribution in [1.29, 1.82) is 0 Å². The standard InChI is InChI=1S/C10H11BrN2O/c1-6-4-7(11)5-8-9(6)13(3)10(14)12(8)2/h4-5H,1-3H3. The summed E-state index contributed by atoms with van der Waals surface area (Å²) in [5.41, 5.74) is 3.08. The molecule has 14 heavy (non-hydrogen) atoms. The summed E-state index contributed by atoms with van der Waals surface area (Å²) in [5, 5.41) is 0. The zero-order valence-corrected chi connectivity index (χ0v) is 9.92. The number of nitrogens with zero attached hydrogens (tertiary/aromatic N) is 2. The van der Waals surface area contributed by atoms with E-state index in [4.69, 9.17) is 0 Å². The Morgan fingerprint density at radius 1 is 1.21 bits per heavy atom. The van der Waals surface area contributed by atoms with Crippen LogP contribution in [0.5, 0.6) is 0 Å². The van der Waals surface area contributed by atoms with E-state index >= 15 is 0 Å². The van der Waals surface area contributed by atoms with Gasteiger partial charge in [0.15, 0.2) is 0 Å². The summed E-state index contributed by atoms with van der Waals surface area (Å²) < 4.78 is 4.34. The second-order valence-electron chi connectivity index (χ2n) is 3.49. The van der Waals surface area contributed by atoms with Crippen molar-refractivity contribution in [2.75, 3.05) is 0 Å². The Bertz CT molecular complexity index is 565. The Balaban J connectivity index is 3.10. The average Bonchev–Trinajstić information content (AvgIpc) is 2.31. The van der Waals surface area contributed by atoms with Gasteiger partial charge in [0.05, 0.1) is 11.0 Å². The van der Waals surface area contributed by atoms with Crippen molar-refractivity contribution < 1.29 is 0 Å². The molecule has 1 aromatic carbocycles. The third-order valence-corrected chi connectivity index (χ3v) is 2.97. The maximum absolute atomic E-state index is 11.7. The molecule has 0 radical (unpaired) electrons. The predicted octanol–water partition coefficient (Wildman–Crippen LogP) is 1.95. The molecule has 0 bridgehead atoms. The predicted molar refractivity (Wildman–Crippen MR) is 60.6 cm³/mol. The number of fused-ring (bicyclic) bond motifs is 1. The van der Waals surface area contributed by atoms with Crippen molar-refractivity contribution in [3.8, 4) is 0 Å². The van der Waals surface area contributed by atoms with Crippen LogP contribution in [0.3, 0.4) is 0 Å². The van der Waals surface area contributed by atoms with Crippen LogP contribution in [0.2, 0.25) is 0 Å². The first-order valence-electron chi connectivity index (χ1n) is 4.34. The van der Waals surface area contributed by atoms with E-state index in [1.807, 2.05) is 19.1 Å². The highest BCUT2D eigenvalue weighted by atomic mass is 79.9. The Kier molecular flexibility index (Phi) is 2.03. The first-order chi connectivity index (χ1) is 6.52. The lowest BCUT2D eigenvalue weighted by molar-refractivity contribution is 0.794. The number of aryl methyl sites for hydroxylation is 3. The minimum absolute atomic E-state index is 0.0150. The fraction of sp³-hybridized carbons (Fsp3) is 0.300. The summed E-state index contributed by atoms with van der Waals surface area (Å²) in [6.07, 6.45) is 0. The number of benzene rings is 1. The molecule has 74 valence electrons. The topological polar surface area (TPSA) is 26.9 Å². The van der Waals surface area contributed by atoms with Crippen molar-refractivity contribution in [3.05, 3.63) is 32.7 Å². The highest BCUT2D eigenvalue weighted by Gasteiger charge is 2.10. The van der Waals surface area contributed by atoms with E-state index in [2.05, 4.69) is 15.9 Å². The molecular formula is C10H11BrN2O. The molecule has 0 unspecified atom stereocenters. The van der Waals surface area contributed by atoms with Gasteiger partial charge in [0, 0.05) is 18.6 Å². The third kappa shape index (κ3) is 1.14. The van der Waals surface area contributed by atoms with Gasteiger partial charge in [0.1, 0.15) is 0 Å². The molecule has 0 amide bonds. The normalized spacial score (nSPS) is 11.1. The summed E-state index contributed by atoms with van der Waals surface area (Å²) in [6, 6.07) is 3.98. The Hall–Kier alpha value is -1.03. The van der Waals surface area contributed by atoms with Crippen LogP contribution in [0.1, 0.15) is 5.56 Å². The number of hydrogen-bond acceptors (Lipinski definition) is 1. The van der Waals surface area contributed by atoms with E-state index in [1.165, 1.54) is 0 Å². The zero-order valence-electron chi connectivity index (χ0n) is 8.34. The molecule has 2 aromatic rings. The van der Waals surface area contributed by atoms with Gasteiger partial charge >= 0.3 is 5.69 Å². The first-order valence-corrected chi connectivity index (χ1v) is 5.13. The summed E-state index contributed by atoms with van der Waals surface area (Å²) in [6.45, 7) is 2.01. The molecule has 0 aliphatic rings. The van der Waals surface area contributed by atoms with Gasteiger partial charge in [-0.2, -0.15) is 0 Å². The zero-order chi connectivity index (χ0) is 10.5. The van der Waals surface area contributed by atoms with E-state index in [9.17, 15) is 4.79 Å². The SMILES string of the molecule is Cc1cc(Br)cc2c1n(C)c(=O)n2C. The van der Waals surface area contributed by atoms with Gasteiger partial charge in [-0.3, -0.25) is 9.13 Å². The fourth-order valence-electron chi connectivity index (χ4n) is 1.83. The Morgan fingerprint density at radius 2 is 1.86 bits per heavy atom. The first kappa shape index (κ1) is 9.52. The molecule has 0 N–H and O–H groups in total. The van der Waals surface area contributed by atoms with Gasteiger partial charge < -0.3 is 0 Å². The minimum Gasteiger partial charge on any atom is -0.295 e. The second kappa shape index (κ2) is 2.98. The number of aromatic nitrogens is 2. The molecule has 0 saturated heterocycles. The van der Waals surface area contributed by atoms with E-state index in [1.54, 1.807) is 23.2 Å². The molecule has 0 atom stereocenters. The molecule has 0 aliphatic heterocycles. The molecule has 0 spiro atoms. The average molecular weight is 255 g/mol. The quantitative estimate of drug-likeness (QED) is 0.706. The van der Waals surface area contributed by atoms with Crippen LogP contribution in [0.4, 0.5) is 0 Å². The molecule has 4 heteroatoms. The third-order valence-electron chi connectivity index (χ3n) is 2.52. The largest absolute Gasteiger partial charge is 0.328 e. The molecule has 0 saturated carbocycles. The van der Waals surface area contributed by atoms with Crippen molar-refractivity contribution >= 4 is 27.0 Å². The van der Waals surface area contributed by atoms with Gasteiger partial charge in [0.2, 0.25) is 0 Å². The highest BCUT2D eigenvalue weighted by molar-refractivity contribution is 9.10. The summed E-state index contributed by atoms with van der Waals surface area (Å²) >= 11 is 3.43. The maximum Gasteiger partial charge on any atom is 0.328 e. The van der Waals surface area contributed by atoms with E-state index in [0.29, 0.717) is 0 Å². The minimum atomic E-state index is 0.0150. The number of hydrogen-bond donors (Lipinski definition) is 0. The lowest BCUT2D eigenvalue weighted by Crippen LogP contribution is -2.19. The Morgan fingerprint density at radius 3 is 2.50 bits per heavy atom. The van der Waals surface area contributed by atoms with Crippen molar-refractivity contribution in [3.63, 3.8) is 0 Å². The van der Waals surface area contributed by atoms with Gasteiger partial charge in [-0.1, -0.05) is 15.9 Å². The molecule has 3 nitrogen and oxygen atoms in total. The Labute approximate surface area is 90.1 Å². The van der Waals surface area contributed by atoms with Crippen LogP contribution in [0.15, 0.2) is 21.4 Å². The van der Waals surface area contributed by atoms with Crippen LogP contribution >= 0.6 is 15.9 Å². The second-order valence-corrected chi connectivity index (χ2v) is 4.41. The molecule has 0 fully saturated rings. The van der Waals surface area contributed by atoms with Crippen molar-refractivity contribution in [1.82, 2.24) is 9.13 Å². The van der Waals surface area contributed by atoms with Crippen molar-refractivity contribution in [2.24, 2.45) is 14.1 Å². The molecule has 2 rings (SSSR count). The van der Waals surface area contributed by atoms with Gasteiger partial charge in [-0.25, -0.2) is 4.79 Å². The highest BCUT2D eigenvalue weighted by Crippen LogP contribution is 2.22.